The Hall–Kier alpha value is -0.730. The van der Waals surface area contributed by atoms with E-state index in [2.05, 4.69) is 0 Å². The number of hydrogen-bond acceptors (Lipinski definition) is 1. The fourth-order valence-corrected chi connectivity index (χ4v) is 3.35. The van der Waals surface area contributed by atoms with Crippen LogP contribution in [0.25, 0.3) is 0 Å². The van der Waals surface area contributed by atoms with Crippen molar-refractivity contribution < 1.29 is 9.90 Å². The van der Waals surface area contributed by atoms with Crippen molar-refractivity contribution in [1.29, 1.82) is 0 Å². The molecule has 2 nitrogen and oxygen atoms in total. The minimum Gasteiger partial charge on any atom is -0.481 e. The van der Waals surface area contributed by atoms with Gasteiger partial charge in [0.05, 0.1) is 5.92 Å². The van der Waals surface area contributed by atoms with E-state index in [1.54, 1.807) is 6.07 Å². The first-order valence-corrected chi connectivity index (χ1v) is 5.56. The molecular formula is C11H8Cl2O2. The molecule has 4 heteroatoms. The third kappa shape index (κ3) is 1.21. The smallest absolute Gasteiger partial charge is 0.307 e. The van der Waals surface area contributed by atoms with Gasteiger partial charge in [0.25, 0.3) is 0 Å². The van der Waals surface area contributed by atoms with Crippen LogP contribution in [0.3, 0.4) is 0 Å². The van der Waals surface area contributed by atoms with E-state index in [0.717, 1.165) is 17.5 Å². The van der Waals surface area contributed by atoms with E-state index in [4.69, 9.17) is 28.3 Å². The molecule has 2 aliphatic rings. The van der Waals surface area contributed by atoms with E-state index in [0.29, 0.717) is 10.0 Å². The van der Waals surface area contributed by atoms with Gasteiger partial charge in [-0.2, -0.15) is 0 Å². The van der Waals surface area contributed by atoms with Gasteiger partial charge in [0.2, 0.25) is 0 Å². The summed E-state index contributed by atoms with van der Waals surface area (Å²) < 4.78 is 0. The van der Waals surface area contributed by atoms with Crippen molar-refractivity contribution >= 4 is 29.2 Å². The van der Waals surface area contributed by atoms with E-state index in [9.17, 15) is 4.79 Å². The van der Waals surface area contributed by atoms with Gasteiger partial charge in [-0.05, 0) is 35.6 Å². The van der Waals surface area contributed by atoms with Crippen LogP contribution in [0.4, 0.5) is 0 Å². The number of fused-ring (bicyclic) bond motifs is 3. The Balaban J connectivity index is 2.05. The third-order valence-electron chi connectivity index (χ3n) is 3.45. The molecule has 0 amide bonds. The quantitative estimate of drug-likeness (QED) is 0.823. The molecule has 1 fully saturated rings. The van der Waals surface area contributed by atoms with Crippen molar-refractivity contribution in [3.63, 3.8) is 0 Å². The number of benzene rings is 1. The summed E-state index contributed by atoms with van der Waals surface area (Å²) in [6.45, 7) is 0. The minimum atomic E-state index is -0.702. The van der Waals surface area contributed by atoms with Crippen molar-refractivity contribution in [3.05, 3.63) is 33.3 Å². The van der Waals surface area contributed by atoms with Crippen LogP contribution in [0.1, 0.15) is 17.0 Å². The molecule has 0 unspecified atom stereocenters. The second-order valence-corrected chi connectivity index (χ2v) is 5.06. The van der Waals surface area contributed by atoms with Gasteiger partial charge in [-0.15, -0.1) is 0 Å². The van der Waals surface area contributed by atoms with Crippen LogP contribution in [-0.2, 0) is 11.2 Å². The van der Waals surface area contributed by atoms with Crippen molar-refractivity contribution in [1.82, 2.24) is 0 Å². The fourth-order valence-electron chi connectivity index (χ4n) is 2.76. The van der Waals surface area contributed by atoms with Crippen LogP contribution in [-0.4, -0.2) is 11.1 Å². The summed E-state index contributed by atoms with van der Waals surface area (Å²) in [6, 6.07) is 3.58. The highest BCUT2D eigenvalue weighted by molar-refractivity contribution is 6.35. The lowest BCUT2D eigenvalue weighted by molar-refractivity contribution is -0.139. The lowest BCUT2D eigenvalue weighted by Gasteiger charge is -2.07. The summed E-state index contributed by atoms with van der Waals surface area (Å²) in [6.07, 6.45) is 0.785. The van der Waals surface area contributed by atoms with E-state index in [1.807, 2.05) is 6.07 Å². The normalized spacial score (nSPS) is 30.9. The first-order valence-electron chi connectivity index (χ1n) is 4.80. The van der Waals surface area contributed by atoms with E-state index in [1.165, 1.54) is 0 Å². The predicted molar refractivity (Wildman–Crippen MR) is 57.5 cm³/mol. The average molecular weight is 243 g/mol. The fraction of sp³-hybridized carbons (Fsp3) is 0.364. The SMILES string of the molecule is O=C(O)[C@@H]1[C@H]2Cc3c(Cl)cc(Cl)cc3[C@H]21. The predicted octanol–water partition coefficient (Wildman–Crippen LogP) is 2.96. The molecule has 0 saturated heterocycles. The molecule has 1 saturated carbocycles. The van der Waals surface area contributed by atoms with Crippen molar-refractivity contribution in [2.45, 2.75) is 12.3 Å². The lowest BCUT2D eigenvalue weighted by atomic mass is 10.0. The van der Waals surface area contributed by atoms with Gasteiger partial charge in [-0.25, -0.2) is 0 Å². The Kier molecular flexibility index (Phi) is 1.83. The van der Waals surface area contributed by atoms with Gasteiger partial charge >= 0.3 is 5.97 Å². The summed E-state index contributed by atoms with van der Waals surface area (Å²) in [5.41, 5.74) is 2.14. The molecule has 1 N–H and O–H groups in total. The van der Waals surface area contributed by atoms with Crippen LogP contribution < -0.4 is 0 Å². The highest BCUT2D eigenvalue weighted by Crippen LogP contribution is 2.62. The number of carbonyl (C=O) groups is 1. The van der Waals surface area contributed by atoms with Gasteiger partial charge in [0, 0.05) is 16.0 Å². The zero-order chi connectivity index (χ0) is 10.7. The molecule has 0 heterocycles. The van der Waals surface area contributed by atoms with E-state index < -0.39 is 5.97 Å². The van der Waals surface area contributed by atoms with Gasteiger partial charge in [-0.3, -0.25) is 4.79 Å². The van der Waals surface area contributed by atoms with Crippen LogP contribution >= 0.6 is 23.2 Å². The summed E-state index contributed by atoms with van der Waals surface area (Å²) in [5.74, 6) is -0.527. The van der Waals surface area contributed by atoms with Crippen LogP contribution in [0.5, 0.6) is 0 Å². The second-order valence-electron chi connectivity index (χ2n) is 4.21. The molecule has 15 heavy (non-hydrogen) atoms. The highest BCUT2D eigenvalue weighted by Gasteiger charge is 2.60. The Labute approximate surface area is 96.8 Å². The molecule has 3 atom stereocenters. The zero-order valence-corrected chi connectivity index (χ0v) is 9.22. The third-order valence-corrected chi connectivity index (χ3v) is 4.00. The highest BCUT2D eigenvalue weighted by atomic mass is 35.5. The number of hydrogen-bond donors (Lipinski definition) is 1. The van der Waals surface area contributed by atoms with Crippen LogP contribution in [0, 0.1) is 11.8 Å². The maximum Gasteiger partial charge on any atom is 0.307 e. The molecule has 1 aromatic carbocycles. The summed E-state index contributed by atoms with van der Waals surface area (Å²) >= 11 is 12.0. The van der Waals surface area contributed by atoms with Crippen molar-refractivity contribution in [3.8, 4) is 0 Å². The largest absolute Gasteiger partial charge is 0.481 e. The summed E-state index contributed by atoms with van der Waals surface area (Å²) in [4.78, 5) is 10.9. The van der Waals surface area contributed by atoms with Crippen LogP contribution in [0.2, 0.25) is 10.0 Å². The average Bonchev–Trinajstić information content (AvgIpc) is 2.74. The van der Waals surface area contributed by atoms with Crippen molar-refractivity contribution in [2.75, 3.05) is 0 Å². The second kappa shape index (κ2) is 2.89. The van der Waals surface area contributed by atoms with Crippen molar-refractivity contribution in [2.24, 2.45) is 11.8 Å². The van der Waals surface area contributed by atoms with Gasteiger partial charge in [0.1, 0.15) is 0 Å². The molecule has 2 aliphatic carbocycles. The maximum atomic E-state index is 10.9. The number of halogens is 2. The first kappa shape index (κ1) is 9.49. The number of rotatable bonds is 1. The molecule has 0 aliphatic heterocycles. The Morgan fingerprint density at radius 3 is 2.80 bits per heavy atom. The molecule has 0 aromatic heterocycles. The van der Waals surface area contributed by atoms with Gasteiger partial charge < -0.3 is 5.11 Å². The van der Waals surface area contributed by atoms with Crippen LogP contribution in [0.15, 0.2) is 12.1 Å². The van der Waals surface area contributed by atoms with Gasteiger partial charge in [0.15, 0.2) is 0 Å². The van der Waals surface area contributed by atoms with E-state index in [-0.39, 0.29) is 17.8 Å². The Bertz CT molecular complexity index is 470. The maximum absolute atomic E-state index is 10.9. The zero-order valence-electron chi connectivity index (χ0n) is 7.71. The van der Waals surface area contributed by atoms with Gasteiger partial charge in [-0.1, -0.05) is 23.2 Å². The number of aliphatic carboxylic acids is 1. The van der Waals surface area contributed by atoms with E-state index >= 15 is 0 Å². The standard InChI is InChI=1S/C11H8Cl2O2/c12-4-1-6-5(8(13)2-4)3-7-9(6)10(7)11(14)15/h1-2,7,9-10H,3H2,(H,14,15)/t7-,9+,10+/m0/s1. The topological polar surface area (TPSA) is 37.3 Å². The number of carboxylic acids is 1. The molecule has 78 valence electrons. The summed E-state index contributed by atoms with van der Waals surface area (Å²) in [7, 11) is 0. The molecule has 0 spiro atoms. The lowest BCUT2D eigenvalue weighted by Crippen LogP contribution is -2.05. The number of carboxylic acid groups (broad SMARTS) is 1. The first-order chi connectivity index (χ1) is 7.09. The molecule has 0 bridgehead atoms. The summed E-state index contributed by atoms with van der Waals surface area (Å²) in [5, 5.41) is 10.2. The molecule has 0 radical (unpaired) electrons. The Morgan fingerprint density at radius 1 is 1.40 bits per heavy atom. The Morgan fingerprint density at radius 2 is 2.13 bits per heavy atom. The molecule has 3 rings (SSSR count). The molecular weight excluding hydrogens is 235 g/mol. The molecule has 1 aromatic rings. The minimum absolute atomic E-state index is 0.147. The monoisotopic (exact) mass is 242 g/mol.